The molecule has 2 fully saturated rings. The Morgan fingerprint density at radius 3 is 2.66 bits per heavy atom. The summed E-state index contributed by atoms with van der Waals surface area (Å²) < 4.78 is 28.2. The normalized spacial score (nSPS) is 19.2. The summed E-state index contributed by atoms with van der Waals surface area (Å²) in [6.07, 6.45) is 9.13. The van der Waals surface area contributed by atoms with Gasteiger partial charge in [0.2, 0.25) is 0 Å². The first-order valence-electron chi connectivity index (χ1n) is 11.5. The lowest BCUT2D eigenvalue weighted by Crippen LogP contribution is -2.42. The minimum Gasteiger partial charge on any atom is -0.368 e. The Bertz CT molecular complexity index is 1300. The summed E-state index contributed by atoms with van der Waals surface area (Å²) in [5.41, 5.74) is 2.82. The van der Waals surface area contributed by atoms with Crippen LogP contribution in [0.2, 0.25) is 0 Å². The number of pyridine rings is 2. The van der Waals surface area contributed by atoms with Gasteiger partial charge in [0.25, 0.3) is 5.91 Å². The highest BCUT2D eigenvalue weighted by Gasteiger charge is 2.41. The summed E-state index contributed by atoms with van der Waals surface area (Å²) >= 11 is 0. The smallest absolute Gasteiger partial charge is 0.255 e. The van der Waals surface area contributed by atoms with Gasteiger partial charge in [0, 0.05) is 61.6 Å². The summed E-state index contributed by atoms with van der Waals surface area (Å²) in [6, 6.07) is 7.02. The largest absolute Gasteiger partial charge is 0.368 e. The molecule has 2 aromatic heterocycles. The molecule has 0 saturated carbocycles. The van der Waals surface area contributed by atoms with Crippen LogP contribution < -0.4 is 15.5 Å². The fourth-order valence-electron chi connectivity index (χ4n) is 5.08. The quantitative estimate of drug-likeness (QED) is 0.588. The molecule has 2 N–H and O–H groups in total. The first kappa shape index (κ1) is 22.9. The molecule has 2 aliphatic heterocycles. The van der Waals surface area contributed by atoms with Gasteiger partial charge in [-0.05, 0) is 55.1 Å². The number of rotatable bonds is 5. The number of benzene rings is 1. The molecule has 1 atom stereocenters. The number of nitrogens with one attached hydrogen (secondary N) is 2. The molecule has 0 radical (unpaired) electrons. The van der Waals surface area contributed by atoms with Crippen molar-refractivity contribution in [1.82, 2.24) is 20.6 Å². The molecule has 0 bridgehead atoms. The number of hydrogen-bond donors (Lipinski definition) is 2. The van der Waals surface area contributed by atoms with Crippen LogP contribution in [0.15, 0.2) is 49.1 Å². The first-order chi connectivity index (χ1) is 17.0. The van der Waals surface area contributed by atoms with Crippen molar-refractivity contribution >= 4 is 11.6 Å². The molecule has 1 unspecified atom stereocenters. The second kappa shape index (κ2) is 9.39. The number of carbonyl (C=O) groups is 1. The molecule has 5 rings (SSSR count). The Labute approximate surface area is 201 Å². The van der Waals surface area contributed by atoms with Gasteiger partial charge in [0.1, 0.15) is 17.7 Å². The van der Waals surface area contributed by atoms with E-state index < -0.39 is 11.6 Å². The SMILES string of the molecule is N#Cc1cncc(CNC(=O)c2cncc(-c3cc(F)cc(F)c3)c2N2CCC3(CCCN3)C2)c1. The van der Waals surface area contributed by atoms with Gasteiger partial charge in [-0.3, -0.25) is 14.8 Å². The third kappa shape index (κ3) is 4.70. The van der Waals surface area contributed by atoms with E-state index in [4.69, 9.17) is 5.26 Å². The molecular weight excluding hydrogens is 450 g/mol. The van der Waals surface area contributed by atoms with Crippen LogP contribution in [0.3, 0.4) is 0 Å². The van der Waals surface area contributed by atoms with Crippen LogP contribution in [0.5, 0.6) is 0 Å². The van der Waals surface area contributed by atoms with Gasteiger partial charge < -0.3 is 15.5 Å². The molecular formula is C26H24F2N6O. The molecule has 178 valence electrons. The van der Waals surface area contributed by atoms with Crippen LogP contribution in [0, 0.1) is 23.0 Å². The zero-order valence-electron chi connectivity index (χ0n) is 19.0. The first-order valence-corrected chi connectivity index (χ1v) is 11.5. The zero-order chi connectivity index (χ0) is 24.4. The lowest BCUT2D eigenvalue weighted by molar-refractivity contribution is 0.0951. The maximum absolute atomic E-state index is 14.1. The number of hydrogen-bond acceptors (Lipinski definition) is 6. The maximum atomic E-state index is 14.1. The molecule has 1 amide bonds. The standard InChI is InChI=1S/C26H24F2N6O/c27-20-7-19(8-21(28)9-20)22-14-31-15-23(24(22)34-5-3-26(16-34)2-1-4-33-26)25(35)32-13-18-6-17(10-29)11-30-12-18/h6-9,11-12,14-15,33H,1-5,13,16H2,(H,32,35). The van der Waals surface area contributed by atoms with Crippen LogP contribution >= 0.6 is 0 Å². The number of aromatic nitrogens is 2. The molecule has 2 aliphatic rings. The highest BCUT2D eigenvalue weighted by molar-refractivity contribution is 6.03. The minimum absolute atomic E-state index is 0.0229. The van der Waals surface area contributed by atoms with Crippen molar-refractivity contribution in [3.63, 3.8) is 0 Å². The van der Waals surface area contributed by atoms with Gasteiger partial charge >= 0.3 is 0 Å². The van der Waals surface area contributed by atoms with Crippen molar-refractivity contribution in [2.75, 3.05) is 24.5 Å². The van der Waals surface area contributed by atoms with Gasteiger partial charge in [-0.15, -0.1) is 0 Å². The van der Waals surface area contributed by atoms with E-state index in [0.29, 0.717) is 46.6 Å². The van der Waals surface area contributed by atoms with Crippen LogP contribution in [0.4, 0.5) is 14.5 Å². The van der Waals surface area contributed by atoms with Crippen LogP contribution in [-0.4, -0.2) is 41.0 Å². The minimum atomic E-state index is -0.693. The van der Waals surface area contributed by atoms with Crippen LogP contribution in [0.25, 0.3) is 11.1 Å². The molecule has 9 heteroatoms. The average molecular weight is 475 g/mol. The molecule has 4 heterocycles. The average Bonchev–Trinajstić information content (AvgIpc) is 3.51. The molecule has 1 aromatic carbocycles. The molecule has 2 saturated heterocycles. The van der Waals surface area contributed by atoms with Gasteiger partial charge in [0.05, 0.1) is 16.8 Å². The van der Waals surface area contributed by atoms with Gasteiger partial charge in [-0.25, -0.2) is 8.78 Å². The lowest BCUT2D eigenvalue weighted by atomic mass is 9.96. The third-order valence-corrected chi connectivity index (χ3v) is 6.71. The monoisotopic (exact) mass is 474 g/mol. The Morgan fingerprint density at radius 1 is 1.11 bits per heavy atom. The highest BCUT2D eigenvalue weighted by atomic mass is 19.1. The van der Waals surface area contributed by atoms with Gasteiger partial charge in [0.15, 0.2) is 0 Å². The lowest BCUT2D eigenvalue weighted by Gasteiger charge is -2.28. The van der Waals surface area contributed by atoms with Crippen molar-refractivity contribution in [3.05, 3.63) is 77.4 Å². The van der Waals surface area contributed by atoms with E-state index in [1.165, 1.54) is 24.5 Å². The fraction of sp³-hybridized carbons (Fsp3) is 0.308. The molecule has 1 spiro atoms. The third-order valence-electron chi connectivity index (χ3n) is 6.71. The van der Waals surface area contributed by atoms with E-state index in [-0.39, 0.29) is 18.0 Å². The van der Waals surface area contributed by atoms with E-state index in [1.807, 2.05) is 6.07 Å². The Balaban J connectivity index is 1.51. The topological polar surface area (TPSA) is 93.9 Å². The van der Waals surface area contributed by atoms with Crippen molar-refractivity contribution < 1.29 is 13.6 Å². The number of anilines is 1. The van der Waals surface area contributed by atoms with Crippen molar-refractivity contribution in [1.29, 1.82) is 5.26 Å². The predicted molar refractivity (Wildman–Crippen MR) is 127 cm³/mol. The van der Waals surface area contributed by atoms with Gasteiger partial charge in [-0.2, -0.15) is 5.26 Å². The van der Waals surface area contributed by atoms with E-state index in [0.717, 1.165) is 31.9 Å². The molecule has 35 heavy (non-hydrogen) atoms. The Hall–Kier alpha value is -3.90. The number of nitriles is 1. The van der Waals surface area contributed by atoms with E-state index >= 15 is 0 Å². The summed E-state index contributed by atoms with van der Waals surface area (Å²) in [7, 11) is 0. The van der Waals surface area contributed by atoms with Crippen molar-refractivity contribution in [3.8, 4) is 17.2 Å². The highest BCUT2D eigenvalue weighted by Crippen LogP contribution is 2.40. The van der Waals surface area contributed by atoms with Gasteiger partial charge in [-0.1, -0.05) is 0 Å². The van der Waals surface area contributed by atoms with Crippen LogP contribution in [-0.2, 0) is 6.54 Å². The molecule has 7 nitrogen and oxygen atoms in total. The number of halogens is 2. The summed E-state index contributed by atoms with van der Waals surface area (Å²) in [6.45, 7) is 2.52. The predicted octanol–water partition coefficient (Wildman–Crippen LogP) is 3.56. The Morgan fingerprint density at radius 2 is 1.91 bits per heavy atom. The summed E-state index contributed by atoms with van der Waals surface area (Å²) in [5.74, 6) is -1.75. The molecule has 3 aromatic rings. The second-order valence-corrected chi connectivity index (χ2v) is 9.10. The summed E-state index contributed by atoms with van der Waals surface area (Å²) in [5, 5.41) is 15.6. The number of carbonyl (C=O) groups excluding carboxylic acids is 1. The second-order valence-electron chi connectivity index (χ2n) is 9.10. The number of nitrogens with zero attached hydrogens (tertiary/aromatic N) is 4. The van der Waals surface area contributed by atoms with Crippen molar-refractivity contribution in [2.24, 2.45) is 0 Å². The fourth-order valence-corrected chi connectivity index (χ4v) is 5.08. The van der Waals surface area contributed by atoms with E-state index in [9.17, 15) is 13.6 Å². The van der Waals surface area contributed by atoms with Crippen molar-refractivity contribution in [2.45, 2.75) is 31.3 Å². The maximum Gasteiger partial charge on any atom is 0.255 e. The van der Waals surface area contributed by atoms with E-state index in [2.05, 4.69) is 25.5 Å². The Kier molecular flexibility index (Phi) is 6.14. The van der Waals surface area contributed by atoms with Crippen LogP contribution in [0.1, 0.15) is 40.7 Å². The zero-order valence-corrected chi connectivity index (χ0v) is 19.0. The van der Waals surface area contributed by atoms with E-state index in [1.54, 1.807) is 18.5 Å². The number of amides is 1. The summed E-state index contributed by atoms with van der Waals surface area (Å²) in [4.78, 5) is 23.7. The molecule has 0 aliphatic carbocycles.